The SMILES string of the molecule is COc1cccc(C(=O)N(C)CCC(=O)O)c1O. The van der Waals surface area contributed by atoms with Crippen molar-refractivity contribution in [2.24, 2.45) is 0 Å². The molecule has 1 amide bonds. The molecule has 1 rings (SSSR count). The molecule has 0 heterocycles. The van der Waals surface area contributed by atoms with Crippen LogP contribution >= 0.6 is 0 Å². The second-order valence-electron chi connectivity index (χ2n) is 3.73. The van der Waals surface area contributed by atoms with E-state index in [1.165, 1.54) is 31.2 Å². The predicted molar refractivity (Wildman–Crippen MR) is 63.9 cm³/mol. The Hall–Kier alpha value is -2.24. The largest absolute Gasteiger partial charge is 0.504 e. The summed E-state index contributed by atoms with van der Waals surface area (Å²) in [5.74, 6) is -1.48. The van der Waals surface area contributed by atoms with Crippen LogP contribution in [0.5, 0.6) is 11.5 Å². The summed E-state index contributed by atoms with van der Waals surface area (Å²) in [7, 11) is 2.86. The number of aromatic hydroxyl groups is 1. The number of methoxy groups -OCH3 is 1. The van der Waals surface area contributed by atoms with Gasteiger partial charge in [-0.05, 0) is 12.1 Å². The Bertz CT molecular complexity index is 458. The molecule has 0 unspecified atom stereocenters. The second-order valence-corrected chi connectivity index (χ2v) is 3.73. The molecule has 98 valence electrons. The minimum absolute atomic E-state index is 0.0742. The van der Waals surface area contributed by atoms with Crippen LogP contribution in [0, 0.1) is 0 Å². The number of nitrogens with zero attached hydrogens (tertiary/aromatic N) is 1. The number of hydrogen-bond donors (Lipinski definition) is 2. The van der Waals surface area contributed by atoms with Gasteiger partial charge >= 0.3 is 5.97 Å². The average molecular weight is 253 g/mol. The molecule has 1 aromatic carbocycles. The molecule has 0 aliphatic carbocycles. The van der Waals surface area contributed by atoms with Crippen molar-refractivity contribution in [3.63, 3.8) is 0 Å². The third-order valence-electron chi connectivity index (χ3n) is 2.46. The smallest absolute Gasteiger partial charge is 0.305 e. The van der Waals surface area contributed by atoms with Gasteiger partial charge < -0.3 is 19.8 Å². The minimum Gasteiger partial charge on any atom is -0.504 e. The zero-order valence-electron chi connectivity index (χ0n) is 10.2. The number of ether oxygens (including phenoxy) is 1. The van der Waals surface area contributed by atoms with Gasteiger partial charge in [0.2, 0.25) is 0 Å². The zero-order chi connectivity index (χ0) is 13.7. The van der Waals surface area contributed by atoms with Crippen molar-refractivity contribution >= 4 is 11.9 Å². The lowest BCUT2D eigenvalue weighted by molar-refractivity contribution is -0.137. The van der Waals surface area contributed by atoms with E-state index in [1.807, 2.05) is 0 Å². The van der Waals surface area contributed by atoms with Gasteiger partial charge in [-0.25, -0.2) is 0 Å². The molecule has 6 nitrogen and oxygen atoms in total. The van der Waals surface area contributed by atoms with E-state index >= 15 is 0 Å². The molecule has 0 aromatic heterocycles. The highest BCUT2D eigenvalue weighted by molar-refractivity contribution is 5.97. The fourth-order valence-corrected chi connectivity index (χ4v) is 1.43. The number of amides is 1. The summed E-state index contributed by atoms with van der Waals surface area (Å²) >= 11 is 0. The lowest BCUT2D eigenvalue weighted by Crippen LogP contribution is -2.29. The van der Waals surface area contributed by atoms with Crippen LogP contribution in [-0.4, -0.2) is 47.7 Å². The number of hydrogen-bond acceptors (Lipinski definition) is 4. The van der Waals surface area contributed by atoms with Gasteiger partial charge in [0.15, 0.2) is 11.5 Å². The van der Waals surface area contributed by atoms with Crippen molar-refractivity contribution in [1.82, 2.24) is 4.90 Å². The molecule has 0 fully saturated rings. The number of phenols is 1. The monoisotopic (exact) mass is 253 g/mol. The number of para-hydroxylation sites is 1. The van der Waals surface area contributed by atoms with E-state index in [0.29, 0.717) is 0 Å². The van der Waals surface area contributed by atoms with Crippen LogP contribution in [0.4, 0.5) is 0 Å². The Kier molecular flexibility index (Phi) is 4.53. The Balaban J connectivity index is 2.86. The van der Waals surface area contributed by atoms with E-state index < -0.39 is 11.9 Å². The van der Waals surface area contributed by atoms with Gasteiger partial charge in [0.1, 0.15) is 0 Å². The van der Waals surface area contributed by atoms with Crippen LogP contribution in [0.1, 0.15) is 16.8 Å². The van der Waals surface area contributed by atoms with Gasteiger partial charge in [-0.1, -0.05) is 6.07 Å². The number of benzene rings is 1. The summed E-state index contributed by atoms with van der Waals surface area (Å²) in [4.78, 5) is 23.6. The van der Waals surface area contributed by atoms with Crippen LogP contribution in [0.2, 0.25) is 0 Å². The molecular weight excluding hydrogens is 238 g/mol. The number of rotatable bonds is 5. The quantitative estimate of drug-likeness (QED) is 0.815. The summed E-state index contributed by atoms with van der Waals surface area (Å²) < 4.78 is 4.90. The molecule has 6 heteroatoms. The number of carboxylic acid groups (broad SMARTS) is 1. The first-order valence-electron chi connectivity index (χ1n) is 5.30. The van der Waals surface area contributed by atoms with E-state index in [0.717, 1.165) is 0 Å². The summed E-state index contributed by atoms with van der Waals surface area (Å²) in [5.41, 5.74) is 0.0854. The summed E-state index contributed by atoms with van der Waals surface area (Å²) in [5, 5.41) is 18.3. The van der Waals surface area contributed by atoms with Gasteiger partial charge in [-0.2, -0.15) is 0 Å². The molecule has 2 N–H and O–H groups in total. The Morgan fingerprint density at radius 1 is 1.39 bits per heavy atom. The number of carbonyl (C=O) groups excluding carboxylic acids is 1. The highest BCUT2D eigenvalue weighted by Crippen LogP contribution is 2.29. The lowest BCUT2D eigenvalue weighted by Gasteiger charge is -2.17. The third-order valence-corrected chi connectivity index (χ3v) is 2.46. The molecule has 0 saturated heterocycles. The van der Waals surface area contributed by atoms with Crippen molar-refractivity contribution in [1.29, 1.82) is 0 Å². The topological polar surface area (TPSA) is 87.1 Å². The average Bonchev–Trinajstić information content (AvgIpc) is 2.35. The van der Waals surface area contributed by atoms with Crippen molar-refractivity contribution in [2.75, 3.05) is 20.7 Å². The fourth-order valence-electron chi connectivity index (χ4n) is 1.43. The van der Waals surface area contributed by atoms with Crippen LogP contribution in [0.15, 0.2) is 18.2 Å². The number of carboxylic acids is 1. The maximum Gasteiger partial charge on any atom is 0.305 e. The molecule has 0 saturated carbocycles. The van der Waals surface area contributed by atoms with Crippen molar-refractivity contribution in [3.8, 4) is 11.5 Å². The summed E-state index contributed by atoms with van der Waals surface area (Å²) in [6, 6.07) is 4.57. The van der Waals surface area contributed by atoms with Crippen molar-refractivity contribution in [2.45, 2.75) is 6.42 Å². The molecule has 1 aromatic rings. The lowest BCUT2D eigenvalue weighted by atomic mass is 10.1. The molecule has 0 bridgehead atoms. The highest BCUT2D eigenvalue weighted by Gasteiger charge is 2.18. The minimum atomic E-state index is -0.982. The maximum atomic E-state index is 12.0. The molecule has 0 aliphatic heterocycles. The Morgan fingerprint density at radius 2 is 2.06 bits per heavy atom. The molecule has 18 heavy (non-hydrogen) atoms. The van der Waals surface area contributed by atoms with E-state index in [2.05, 4.69) is 0 Å². The number of aliphatic carboxylic acids is 1. The number of phenolic OH excluding ortho intramolecular Hbond substituents is 1. The predicted octanol–water partition coefficient (Wildman–Crippen LogP) is 0.947. The van der Waals surface area contributed by atoms with Gasteiger partial charge in [-0.15, -0.1) is 0 Å². The van der Waals surface area contributed by atoms with Gasteiger partial charge in [-0.3, -0.25) is 9.59 Å². The maximum absolute atomic E-state index is 12.0. The summed E-state index contributed by atoms with van der Waals surface area (Å²) in [6.07, 6.45) is -0.146. The first-order chi connectivity index (χ1) is 8.47. The van der Waals surface area contributed by atoms with E-state index in [1.54, 1.807) is 6.07 Å². The number of carbonyl (C=O) groups is 2. The van der Waals surface area contributed by atoms with Gasteiger partial charge in [0.25, 0.3) is 5.91 Å². The van der Waals surface area contributed by atoms with Gasteiger partial charge in [0.05, 0.1) is 19.1 Å². The highest BCUT2D eigenvalue weighted by atomic mass is 16.5. The molecular formula is C12H15NO5. The third kappa shape index (κ3) is 3.13. The molecule has 0 radical (unpaired) electrons. The van der Waals surface area contributed by atoms with Crippen LogP contribution < -0.4 is 4.74 Å². The van der Waals surface area contributed by atoms with Crippen LogP contribution in [-0.2, 0) is 4.79 Å². The Labute approximate surface area is 104 Å². The second kappa shape index (κ2) is 5.90. The van der Waals surface area contributed by atoms with Crippen molar-refractivity contribution < 1.29 is 24.5 Å². The van der Waals surface area contributed by atoms with Crippen LogP contribution in [0.25, 0.3) is 0 Å². The van der Waals surface area contributed by atoms with Crippen LogP contribution in [0.3, 0.4) is 0 Å². The fraction of sp³-hybridized carbons (Fsp3) is 0.333. The first kappa shape index (κ1) is 13.8. The first-order valence-corrected chi connectivity index (χ1v) is 5.30. The normalized spacial score (nSPS) is 9.89. The molecule has 0 spiro atoms. The van der Waals surface area contributed by atoms with E-state index in [4.69, 9.17) is 9.84 Å². The van der Waals surface area contributed by atoms with E-state index in [9.17, 15) is 14.7 Å². The molecule has 0 atom stereocenters. The Morgan fingerprint density at radius 3 is 2.61 bits per heavy atom. The standard InChI is InChI=1S/C12H15NO5/c1-13(7-6-10(14)15)12(17)8-4-3-5-9(18-2)11(8)16/h3-5,16H,6-7H2,1-2H3,(H,14,15). The van der Waals surface area contributed by atoms with Gasteiger partial charge in [0, 0.05) is 13.6 Å². The molecule has 0 aliphatic rings. The zero-order valence-corrected chi connectivity index (χ0v) is 10.2. The van der Waals surface area contributed by atoms with E-state index in [-0.39, 0.29) is 30.0 Å². The van der Waals surface area contributed by atoms with Crippen molar-refractivity contribution in [3.05, 3.63) is 23.8 Å². The summed E-state index contributed by atoms with van der Waals surface area (Å²) in [6.45, 7) is 0.0742.